The summed E-state index contributed by atoms with van der Waals surface area (Å²) in [5.74, 6) is 1.95. The van der Waals surface area contributed by atoms with Gasteiger partial charge in [-0.25, -0.2) is 0 Å². The SMILES string of the molecule is COc1cc([C@@H](N)[C@@H](O)C2CC2)cc(OC)c1OC.Cl. The van der Waals surface area contributed by atoms with Crippen LogP contribution in [-0.4, -0.2) is 32.5 Å². The highest BCUT2D eigenvalue weighted by Gasteiger charge is 2.34. The average Bonchev–Trinajstić information content (AvgIpc) is 3.28. The molecule has 114 valence electrons. The predicted octanol–water partition coefficient (Wildman–Crippen LogP) is 1.90. The molecule has 20 heavy (non-hydrogen) atoms. The van der Waals surface area contributed by atoms with Crippen LogP contribution in [0.1, 0.15) is 24.4 Å². The first-order valence-corrected chi connectivity index (χ1v) is 6.36. The normalized spacial score (nSPS) is 16.9. The molecule has 2 rings (SSSR count). The average molecular weight is 304 g/mol. The van der Waals surface area contributed by atoms with E-state index < -0.39 is 12.1 Å². The van der Waals surface area contributed by atoms with Gasteiger partial charge in [0.05, 0.1) is 33.5 Å². The van der Waals surface area contributed by atoms with Gasteiger partial charge >= 0.3 is 0 Å². The zero-order valence-electron chi connectivity index (χ0n) is 12.0. The van der Waals surface area contributed by atoms with Gasteiger partial charge in [-0.3, -0.25) is 0 Å². The lowest BCUT2D eigenvalue weighted by molar-refractivity contribution is 0.122. The van der Waals surface area contributed by atoms with Gasteiger partial charge in [-0.2, -0.15) is 0 Å². The smallest absolute Gasteiger partial charge is 0.203 e. The summed E-state index contributed by atoms with van der Waals surface area (Å²) in [4.78, 5) is 0. The molecule has 0 heterocycles. The van der Waals surface area contributed by atoms with E-state index in [0.717, 1.165) is 18.4 Å². The Labute approximate surface area is 125 Å². The Morgan fingerprint density at radius 1 is 1.10 bits per heavy atom. The van der Waals surface area contributed by atoms with E-state index in [1.807, 2.05) is 0 Å². The molecule has 1 aromatic carbocycles. The van der Waals surface area contributed by atoms with E-state index >= 15 is 0 Å². The Hall–Kier alpha value is -1.17. The maximum absolute atomic E-state index is 10.1. The molecule has 0 amide bonds. The number of benzene rings is 1. The minimum absolute atomic E-state index is 0. The number of rotatable bonds is 6. The molecule has 0 spiro atoms. The number of nitrogens with two attached hydrogens (primary N) is 1. The van der Waals surface area contributed by atoms with Gasteiger partial charge in [0.2, 0.25) is 5.75 Å². The van der Waals surface area contributed by atoms with E-state index in [9.17, 15) is 5.11 Å². The van der Waals surface area contributed by atoms with Crippen molar-refractivity contribution in [3.8, 4) is 17.2 Å². The second-order valence-electron chi connectivity index (χ2n) is 4.81. The van der Waals surface area contributed by atoms with Crippen molar-refractivity contribution in [2.75, 3.05) is 21.3 Å². The molecule has 6 heteroatoms. The number of aliphatic hydroxyl groups excluding tert-OH is 1. The number of aliphatic hydroxyl groups is 1. The number of ether oxygens (including phenoxy) is 3. The number of methoxy groups -OCH3 is 3. The van der Waals surface area contributed by atoms with E-state index in [2.05, 4.69) is 0 Å². The van der Waals surface area contributed by atoms with Crippen molar-refractivity contribution in [2.45, 2.75) is 25.0 Å². The molecule has 3 N–H and O–H groups in total. The highest BCUT2D eigenvalue weighted by atomic mass is 35.5. The third kappa shape index (κ3) is 3.29. The summed E-state index contributed by atoms with van der Waals surface area (Å²) in [6.45, 7) is 0. The number of halogens is 1. The molecule has 1 aliphatic rings. The van der Waals surface area contributed by atoms with Crippen molar-refractivity contribution in [1.82, 2.24) is 0 Å². The molecular weight excluding hydrogens is 282 g/mol. The summed E-state index contributed by atoms with van der Waals surface area (Å²) in [5.41, 5.74) is 6.90. The van der Waals surface area contributed by atoms with Gasteiger partial charge < -0.3 is 25.1 Å². The lowest BCUT2D eigenvalue weighted by Crippen LogP contribution is -2.27. The van der Waals surface area contributed by atoms with Crippen molar-refractivity contribution in [3.63, 3.8) is 0 Å². The first-order valence-electron chi connectivity index (χ1n) is 6.36. The highest BCUT2D eigenvalue weighted by molar-refractivity contribution is 5.85. The fourth-order valence-corrected chi connectivity index (χ4v) is 2.22. The van der Waals surface area contributed by atoms with E-state index in [-0.39, 0.29) is 12.4 Å². The van der Waals surface area contributed by atoms with E-state index in [0.29, 0.717) is 23.2 Å². The van der Waals surface area contributed by atoms with Crippen molar-refractivity contribution in [1.29, 1.82) is 0 Å². The molecule has 5 nitrogen and oxygen atoms in total. The zero-order chi connectivity index (χ0) is 14.0. The van der Waals surface area contributed by atoms with Crippen LogP contribution in [0.5, 0.6) is 17.2 Å². The Balaban J connectivity index is 0.00000200. The Kier molecular flexibility index (Phi) is 5.92. The third-order valence-electron chi connectivity index (χ3n) is 3.54. The van der Waals surface area contributed by atoms with Gasteiger partial charge in [0.25, 0.3) is 0 Å². The molecule has 0 aromatic heterocycles. The topological polar surface area (TPSA) is 73.9 Å². The van der Waals surface area contributed by atoms with Gasteiger partial charge in [0, 0.05) is 0 Å². The molecule has 1 fully saturated rings. The summed E-state index contributed by atoms with van der Waals surface area (Å²) in [7, 11) is 4.67. The van der Waals surface area contributed by atoms with Crippen molar-refractivity contribution in [2.24, 2.45) is 11.7 Å². The van der Waals surface area contributed by atoms with Crippen molar-refractivity contribution in [3.05, 3.63) is 17.7 Å². The van der Waals surface area contributed by atoms with Crippen LogP contribution in [0, 0.1) is 5.92 Å². The molecule has 0 radical (unpaired) electrons. The molecule has 0 bridgehead atoms. The summed E-state index contributed by atoms with van der Waals surface area (Å²) in [6.07, 6.45) is 1.56. The number of hydrogen-bond acceptors (Lipinski definition) is 5. The largest absolute Gasteiger partial charge is 0.493 e. The first kappa shape index (κ1) is 16.9. The molecule has 2 atom stereocenters. The fourth-order valence-electron chi connectivity index (χ4n) is 2.22. The second kappa shape index (κ2) is 7.02. The molecule has 0 saturated heterocycles. The van der Waals surface area contributed by atoms with E-state index in [1.165, 1.54) is 0 Å². The minimum atomic E-state index is -0.525. The van der Waals surface area contributed by atoms with Crippen LogP contribution in [0.15, 0.2) is 12.1 Å². The highest BCUT2D eigenvalue weighted by Crippen LogP contribution is 2.42. The van der Waals surface area contributed by atoms with Crippen LogP contribution < -0.4 is 19.9 Å². The maximum Gasteiger partial charge on any atom is 0.203 e. The van der Waals surface area contributed by atoms with Gasteiger partial charge in [0.15, 0.2) is 11.5 Å². The van der Waals surface area contributed by atoms with Gasteiger partial charge in [-0.05, 0) is 36.5 Å². The van der Waals surface area contributed by atoms with Crippen molar-refractivity contribution >= 4 is 12.4 Å². The maximum atomic E-state index is 10.1. The molecule has 1 aliphatic carbocycles. The van der Waals surface area contributed by atoms with Crippen LogP contribution in [0.3, 0.4) is 0 Å². The van der Waals surface area contributed by atoms with Crippen LogP contribution in [0.25, 0.3) is 0 Å². The van der Waals surface area contributed by atoms with Crippen LogP contribution in [0.2, 0.25) is 0 Å². The summed E-state index contributed by atoms with van der Waals surface area (Å²) in [6, 6.07) is 3.14. The predicted molar refractivity (Wildman–Crippen MR) is 79.0 cm³/mol. The third-order valence-corrected chi connectivity index (χ3v) is 3.54. The quantitative estimate of drug-likeness (QED) is 0.839. The monoisotopic (exact) mass is 303 g/mol. The number of hydrogen-bond donors (Lipinski definition) is 2. The van der Waals surface area contributed by atoms with Crippen LogP contribution >= 0.6 is 12.4 Å². The molecule has 0 aliphatic heterocycles. The van der Waals surface area contributed by atoms with E-state index in [1.54, 1.807) is 33.5 Å². The van der Waals surface area contributed by atoms with Gasteiger partial charge in [0.1, 0.15) is 0 Å². The summed E-state index contributed by atoms with van der Waals surface area (Å²) in [5, 5.41) is 10.1. The van der Waals surface area contributed by atoms with E-state index in [4.69, 9.17) is 19.9 Å². The lowest BCUT2D eigenvalue weighted by atomic mass is 9.98. The second-order valence-corrected chi connectivity index (χ2v) is 4.81. The van der Waals surface area contributed by atoms with Crippen molar-refractivity contribution < 1.29 is 19.3 Å². The van der Waals surface area contributed by atoms with Gasteiger partial charge in [-0.15, -0.1) is 12.4 Å². The van der Waals surface area contributed by atoms with Crippen LogP contribution in [0.4, 0.5) is 0 Å². The van der Waals surface area contributed by atoms with Crippen LogP contribution in [-0.2, 0) is 0 Å². The molecule has 1 saturated carbocycles. The molecular formula is C14H22ClNO4. The summed E-state index contributed by atoms with van der Waals surface area (Å²) >= 11 is 0. The Morgan fingerprint density at radius 3 is 1.95 bits per heavy atom. The lowest BCUT2D eigenvalue weighted by Gasteiger charge is -2.21. The molecule has 0 unspecified atom stereocenters. The fraction of sp³-hybridized carbons (Fsp3) is 0.571. The minimum Gasteiger partial charge on any atom is -0.493 e. The Morgan fingerprint density at radius 2 is 1.60 bits per heavy atom. The Bertz CT molecular complexity index is 426. The van der Waals surface area contributed by atoms with Gasteiger partial charge in [-0.1, -0.05) is 0 Å². The zero-order valence-corrected chi connectivity index (χ0v) is 12.8. The standard InChI is InChI=1S/C14H21NO4.ClH/c1-17-10-6-9(7-11(18-2)14(10)19-3)12(15)13(16)8-4-5-8;/h6-8,12-13,16H,4-5,15H2,1-3H3;1H/t12-,13+;/m1./s1. The summed E-state index contributed by atoms with van der Waals surface area (Å²) < 4.78 is 15.8. The first-order chi connectivity index (χ1) is 9.12. The molecule has 1 aromatic rings.